The zero-order valence-electron chi connectivity index (χ0n) is 13.8. The Kier molecular flexibility index (Phi) is 5.79. The molecular formula is C18H21N3O4. The average Bonchev–Trinajstić information content (AvgIpc) is 2.64. The van der Waals surface area contributed by atoms with Crippen LogP contribution in [0.15, 0.2) is 42.6 Å². The molecule has 7 nitrogen and oxygen atoms in total. The topological polar surface area (TPSA) is 93.6 Å². The summed E-state index contributed by atoms with van der Waals surface area (Å²) in [6.45, 7) is 1.51. The zero-order chi connectivity index (χ0) is 17.5. The lowest BCUT2D eigenvalue weighted by molar-refractivity contribution is -0.144. The lowest BCUT2D eigenvalue weighted by Gasteiger charge is -2.27. The van der Waals surface area contributed by atoms with Crippen LogP contribution in [0.4, 0.5) is 5.95 Å². The van der Waals surface area contributed by atoms with Crippen molar-refractivity contribution in [2.45, 2.75) is 12.8 Å². The molecule has 1 fully saturated rings. The highest BCUT2D eigenvalue weighted by atomic mass is 16.5. The van der Waals surface area contributed by atoms with Gasteiger partial charge >= 0.3 is 5.97 Å². The maximum absolute atomic E-state index is 11.6. The summed E-state index contributed by atoms with van der Waals surface area (Å²) in [7, 11) is 0. The van der Waals surface area contributed by atoms with Crippen LogP contribution in [0.3, 0.4) is 0 Å². The van der Waals surface area contributed by atoms with Gasteiger partial charge in [0.25, 0.3) is 0 Å². The minimum Gasteiger partial charge on any atom is -0.481 e. The number of aliphatic carboxylic acids is 1. The SMILES string of the molecule is O=C(O)C(CNc1nccc(Oc2ccccc2)n1)C1CCOCC1. The molecule has 3 rings (SSSR count). The van der Waals surface area contributed by atoms with Gasteiger partial charge in [0.1, 0.15) is 5.75 Å². The van der Waals surface area contributed by atoms with Gasteiger partial charge < -0.3 is 19.9 Å². The third kappa shape index (κ3) is 4.90. The van der Waals surface area contributed by atoms with Crippen LogP contribution in [0.25, 0.3) is 0 Å². The number of hydrogen-bond acceptors (Lipinski definition) is 6. The highest BCUT2D eigenvalue weighted by Gasteiger charge is 2.29. The number of benzene rings is 1. The molecule has 1 atom stereocenters. The smallest absolute Gasteiger partial charge is 0.308 e. The Morgan fingerprint density at radius 2 is 2.04 bits per heavy atom. The number of carboxylic acid groups (broad SMARTS) is 1. The molecule has 2 aromatic rings. The van der Waals surface area contributed by atoms with Crippen LogP contribution in [0.2, 0.25) is 0 Å². The third-order valence-electron chi connectivity index (χ3n) is 4.23. The highest BCUT2D eigenvalue weighted by molar-refractivity contribution is 5.71. The van der Waals surface area contributed by atoms with Crippen LogP contribution < -0.4 is 10.1 Å². The van der Waals surface area contributed by atoms with Gasteiger partial charge in [0, 0.05) is 32.0 Å². The van der Waals surface area contributed by atoms with Gasteiger partial charge in [-0.25, -0.2) is 4.98 Å². The summed E-state index contributed by atoms with van der Waals surface area (Å²) in [5.41, 5.74) is 0. The summed E-state index contributed by atoms with van der Waals surface area (Å²) in [5.74, 6) is 0.232. The number of para-hydroxylation sites is 1. The Balaban J connectivity index is 1.61. The molecule has 0 bridgehead atoms. The van der Waals surface area contributed by atoms with Gasteiger partial charge in [-0.2, -0.15) is 4.98 Å². The zero-order valence-corrected chi connectivity index (χ0v) is 13.8. The second kappa shape index (κ2) is 8.43. The Morgan fingerprint density at radius 1 is 1.28 bits per heavy atom. The summed E-state index contributed by atoms with van der Waals surface area (Å²) in [5, 5.41) is 12.5. The molecule has 132 valence electrons. The van der Waals surface area contributed by atoms with Crippen molar-refractivity contribution >= 4 is 11.9 Å². The van der Waals surface area contributed by atoms with E-state index in [-0.39, 0.29) is 12.5 Å². The van der Waals surface area contributed by atoms with Crippen LogP contribution in [0.1, 0.15) is 12.8 Å². The van der Waals surface area contributed by atoms with E-state index in [1.807, 2.05) is 30.3 Å². The van der Waals surface area contributed by atoms with Crippen molar-refractivity contribution in [3.63, 3.8) is 0 Å². The molecule has 1 aromatic heterocycles. The number of carboxylic acids is 1. The normalized spacial score (nSPS) is 16.2. The molecule has 0 spiro atoms. The number of nitrogens with zero attached hydrogens (tertiary/aromatic N) is 2. The molecule has 0 aliphatic carbocycles. The number of rotatable bonds is 7. The van der Waals surface area contributed by atoms with Gasteiger partial charge in [-0.05, 0) is 30.9 Å². The Morgan fingerprint density at radius 3 is 2.76 bits per heavy atom. The van der Waals surface area contributed by atoms with Crippen molar-refractivity contribution < 1.29 is 19.4 Å². The van der Waals surface area contributed by atoms with Crippen LogP contribution in [-0.2, 0) is 9.53 Å². The Bertz CT molecular complexity index is 690. The molecule has 1 aliphatic heterocycles. The fourth-order valence-corrected chi connectivity index (χ4v) is 2.87. The molecular weight excluding hydrogens is 322 g/mol. The lowest BCUT2D eigenvalue weighted by Crippen LogP contribution is -2.34. The van der Waals surface area contributed by atoms with E-state index in [1.54, 1.807) is 12.3 Å². The van der Waals surface area contributed by atoms with E-state index in [0.717, 1.165) is 12.8 Å². The first-order chi connectivity index (χ1) is 12.2. The molecule has 0 saturated carbocycles. The predicted octanol–water partition coefficient (Wildman–Crippen LogP) is 2.81. The summed E-state index contributed by atoms with van der Waals surface area (Å²) in [6.07, 6.45) is 3.10. The summed E-state index contributed by atoms with van der Waals surface area (Å²) >= 11 is 0. The van der Waals surface area contributed by atoms with Crippen LogP contribution in [0.5, 0.6) is 11.6 Å². The minimum atomic E-state index is -0.809. The number of aromatic nitrogens is 2. The minimum absolute atomic E-state index is 0.0995. The van der Waals surface area contributed by atoms with Crippen LogP contribution >= 0.6 is 0 Å². The van der Waals surface area contributed by atoms with E-state index in [2.05, 4.69) is 15.3 Å². The summed E-state index contributed by atoms with van der Waals surface area (Å²) in [6, 6.07) is 11.0. The molecule has 1 unspecified atom stereocenters. The molecule has 2 N–H and O–H groups in total. The fraction of sp³-hybridized carbons (Fsp3) is 0.389. The number of anilines is 1. The van der Waals surface area contributed by atoms with Crippen molar-refractivity contribution in [3.05, 3.63) is 42.6 Å². The van der Waals surface area contributed by atoms with Gasteiger partial charge in [-0.3, -0.25) is 4.79 Å². The lowest BCUT2D eigenvalue weighted by atomic mass is 9.86. The van der Waals surface area contributed by atoms with Gasteiger partial charge in [0.05, 0.1) is 5.92 Å². The van der Waals surface area contributed by atoms with Crippen LogP contribution in [-0.4, -0.2) is 40.8 Å². The molecule has 25 heavy (non-hydrogen) atoms. The second-order valence-corrected chi connectivity index (χ2v) is 5.91. The molecule has 1 saturated heterocycles. The van der Waals surface area contributed by atoms with E-state index in [4.69, 9.17) is 9.47 Å². The Labute approximate surface area is 146 Å². The number of carbonyl (C=O) groups is 1. The largest absolute Gasteiger partial charge is 0.481 e. The molecule has 1 aliphatic rings. The number of hydrogen-bond donors (Lipinski definition) is 2. The second-order valence-electron chi connectivity index (χ2n) is 5.91. The molecule has 7 heteroatoms. The fourth-order valence-electron chi connectivity index (χ4n) is 2.87. The maximum Gasteiger partial charge on any atom is 0.308 e. The monoisotopic (exact) mass is 343 g/mol. The van der Waals surface area contributed by atoms with Crippen molar-refractivity contribution in [2.24, 2.45) is 11.8 Å². The predicted molar refractivity (Wildman–Crippen MR) is 91.7 cm³/mol. The molecule has 2 heterocycles. The van der Waals surface area contributed by atoms with Crippen molar-refractivity contribution in [3.8, 4) is 11.6 Å². The first-order valence-electron chi connectivity index (χ1n) is 8.33. The molecule has 1 aromatic carbocycles. The van der Waals surface area contributed by atoms with E-state index in [1.165, 1.54) is 0 Å². The number of ether oxygens (including phenoxy) is 2. The summed E-state index contributed by atoms with van der Waals surface area (Å²) in [4.78, 5) is 20.0. The van der Waals surface area contributed by atoms with E-state index in [0.29, 0.717) is 30.8 Å². The average molecular weight is 343 g/mol. The van der Waals surface area contributed by atoms with E-state index < -0.39 is 11.9 Å². The van der Waals surface area contributed by atoms with Gasteiger partial charge in [0.2, 0.25) is 11.8 Å². The first kappa shape index (κ1) is 17.2. The standard InChI is InChI=1S/C18H21N3O4/c22-17(23)15(13-7-10-24-11-8-13)12-20-18-19-9-6-16(21-18)25-14-4-2-1-3-5-14/h1-6,9,13,15H,7-8,10-12H2,(H,22,23)(H,19,20,21). The van der Waals surface area contributed by atoms with Crippen molar-refractivity contribution in [2.75, 3.05) is 25.1 Å². The maximum atomic E-state index is 11.6. The molecule has 0 radical (unpaired) electrons. The highest BCUT2D eigenvalue weighted by Crippen LogP contribution is 2.25. The van der Waals surface area contributed by atoms with Gasteiger partial charge in [0.15, 0.2) is 0 Å². The van der Waals surface area contributed by atoms with E-state index in [9.17, 15) is 9.90 Å². The summed E-state index contributed by atoms with van der Waals surface area (Å²) < 4.78 is 11.0. The molecule has 0 amide bonds. The van der Waals surface area contributed by atoms with Gasteiger partial charge in [-0.15, -0.1) is 0 Å². The van der Waals surface area contributed by atoms with Crippen LogP contribution in [0, 0.1) is 11.8 Å². The van der Waals surface area contributed by atoms with Crippen molar-refractivity contribution in [1.29, 1.82) is 0 Å². The van der Waals surface area contributed by atoms with E-state index >= 15 is 0 Å². The number of nitrogens with one attached hydrogen (secondary N) is 1. The van der Waals surface area contributed by atoms with Crippen molar-refractivity contribution in [1.82, 2.24) is 9.97 Å². The third-order valence-corrected chi connectivity index (χ3v) is 4.23. The quantitative estimate of drug-likeness (QED) is 0.798. The van der Waals surface area contributed by atoms with Gasteiger partial charge in [-0.1, -0.05) is 18.2 Å². The first-order valence-corrected chi connectivity index (χ1v) is 8.33. The Hall–Kier alpha value is -2.67.